The lowest BCUT2D eigenvalue weighted by Crippen LogP contribution is -2.31. The van der Waals surface area contributed by atoms with E-state index in [-0.39, 0.29) is 6.03 Å². The Balaban J connectivity index is 1.38. The number of aromatic nitrogens is 4. The molecule has 1 aliphatic rings. The zero-order valence-corrected chi connectivity index (χ0v) is 15.5. The van der Waals surface area contributed by atoms with Crippen molar-refractivity contribution in [1.82, 2.24) is 25.2 Å². The number of urea groups is 1. The number of H-pyrrole nitrogens is 1. The maximum Gasteiger partial charge on any atom is 0.321 e. The fraction of sp³-hybridized carbons (Fsp3) is 0.368. The van der Waals surface area contributed by atoms with Gasteiger partial charge in [-0.3, -0.25) is 5.10 Å². The third-order valence-electron chi connectivity index (χ3n) is 4.79. The second-order valence-corrected chi connectivity index (χ2v) is 6.71. The first-order valence-electron chi connectivity index (χ1n) is 9.14. The Bertz CT molecular complexity index is 944. The van der Waals surface area contributed by atoms with Crippen LogP contribution in [0.4, 0.5) is 10.5 Å². The van der Waals surface area contributed by atoms with Crippen LogP contribution in [0.5, 0.6) is 0 Å². The molecular formula is C19H22N6O2. The number of benzene rings is 1. The van der Waals surface area contributed by atoms with Crippen LogP contribution >= 0.6 is 0 Å². The van der Waals surface area contributed by atoms with Gasteiger partial charge >= 0.3 is 6.03 Å². The summed E-state index contributed by atoms with van der Waals surface area (Å²) in [6, 6.07) is 7.17. The Kier molecular flexibility index (Phi) is 4.62. The number of hydrogen-bond acceptors (Lipinski definition) is 5. The van der Waals surface area contributed by atoms with E-state index >= 15 is 0 Å². The molecule has 0 unspecified atom stereocenters. The third kappa shape index (κ3) is 3.55. The Hall–Kier alpha value is -3.16. The molecule has 0 radical (unpaired) electrons. The fourth-order valence-electron chi connectivity index (χ4n) is 3.25. The van der Waals surface area contributed by atoms with Crippen LogP contribution in [0.3, 0.4) is 0 Å². The minimum absolute atomic E-state index is 0.177. The van der Waals surface area contributed by atoms with Gasteiger partial charge in [-0.05, 0) is 49.1 Å². The number of aromatic amines is 1. The highest BCUT2D eigenvalue weighted by Gasteiger charge is 2.20. The molecule has 0 aliphatic heterocycles. The molecule has 27 heavy (non-hydrogen) atoms. The first-order valence-corrected chi connectivity index (χ1v) is 9.14. The number of hydrogen-bond donors (Lipinski definition) is 2. The third-order valence-corrected chi connectivity index (χ3v) is 4.79. The summed E-state index contributed by atoms with van der Waals surface area (Å²) in [6.45, 7) is 2.46. The van der Waals surface area contributed by atoms with Crippen molar-refractivity contribution < 1.29 is 9.32 Å². The highest BCUT2D eigenvalue weighted by molar-refractivity contribution is 5.89. The number of carbonyl (C=O) groups is 1. The van der Waals surface area contributed by atoms with Crippen LogP contribution in [-0.4, -0.2) is 38.3 Å². The number of nitrogens with zero attached hydrogens (tertiary/aromatic N) is 4. The second kappa shape index (κ2) is 7.22. The van der Waals surface area contributed by atoms with Gasteiger partial charge in [-0.25, -0.2) is 4.79 Å². The minimum Gasteiger partial charge on any atom is -0.334 e. The summed E-state index contributed by atoms with van der Waals surface area (Å²) < 4.78 is 5.23. The van der Waals surface area contributed by atoms with Crippen molar-refractivity contribution in [3.8, 4) is 11.5 Å². The van der Waals surface area contributed by atoms with E-state index in [1.54, 1.807) is 11.9 Å². The van der Waals surface area contributed by atoms with E-state index in [4.69, 9.17) is 4.52 Å². The molecule has 0 bridgehead atoms. The molecule has 0 spiro atoms. The van der Waals surface area contributed by atoms with Crippen molar-refractivity contribution in [2.24, 2.45) is 0 Å². The number of amides is 2. The molecule has 2 heterocycles. The first kappa shape index (κ1) is 17.3. The molecule has 4 rings (SSSR count). The number of fused-ring (bicyclic) bond motifs is 1. The SMILES string of the molecule is CCc1noc(-c2ccc(NC(=O)N(C)Cc3n[nH]c4c3CCC4)cc2)n1. The lowest BCUT2D eigenvalue weighted by molar-refractivity contribution is 0.220. The predicted octanol–water partition coefficient (Wildman–Crippen LogP) is 3.17. The van der Waals surface area contributed by atoms with Gasteiger partial charge in [-0.15, -0.1) is 0 Å². The molecule has 8 nitrogen and oxygen atoms in total. The molecule has 1 aromatic carbocycles. The number of carbonyl (C=O) groups excluding carboxylic acids is 1. The van der Waals surface area contributed by atoms with E-state index in [0.717, 1.165) is 36.9 Å². The molecule has 3 aromatic rings. The molecule has 2 aromatic heterocycles. The van der Waals surface area contributed by atoms with Crippen LogP contribution in [-0.2, 0) is 25.8 Å². The average Bonchev–Trinajstić information content (AvgIpc) is 3.40. The molecule has 0 saturated carbocycles. The average molecular weight is 366 g/mol. The summed E-state index contributed by atoms with van der Waals surface area (Å²) in [6.07, 6.45) is 3.96. The molecule has 0 saturated heterocycles. The highest BCUT2D eigenvalue weighted by Crippen LogP contribution is 2.24. The van der Waals surface area contributed by atoms with Crippen LogP contribution in [0, 0.1) is 0 Å². The Morgan fingerprint density at radius 1 is 1.30 bits per heavy atom. The Labute approximate surface area is 157 Å². The van der Waals surface area contributed by atoms with Crippen molar-refractivity contribution in [1.29, 1.82) is 0 Å². The summed E-state index contributed by atoms with van der Waals surface area (Å²) in [5.41, 5.74) is 4.96. The standard InChI is InChI=1S/C19H22N6O2/c1-3-17-21-18(27-24-17)12-7-9-13(10-8-12)20-19(26)25(2)11-16-14-5-4-6-15(14)22-23-16/h7-10H,3-6,11H2,1-2H3,(H,20,26)(H,22,23). The second-order valence-electron chi connectivity index (χ2n) is 6.71. The van der Waals surface area contributed by atoms with Crippen molar-refractivity contribution in [3.05, 3.63) is 47.0 Å². The number of aryl methyl sites for hydroxylation is 2. The topological polar surface area (TPSA) is 99.9 Å². The Morgan fingerprint density at radius 3 is 2.85 bits per heavy atom. The lowest BCUT2D eigenvalue weighted by atomic mass is 10.2. The smallest absolute Gasteiger partial charge is 0.321 e. The summed E-state index contributed by atoms with van der Waals surface area (Å²) in [5.74, 6) is 1.16. The van der Waals surface area contributed by atoms with Gasteiger partial charge in [0.15, 0.2) is 5.82 Å². The number of nitrogens with one attached hydrogen (secondary N) is 2. The van der Waals surface area contributed by atoms with E-state index in [9.17, 15) is 4.79 Å². The monoisotopic (exact) mass is 366 g/mol. The van der Waals surface area contributed by atoms with Crippen molar-refractivity contribution in [2.75, 3.05) is 12.4 Å². The van der Waals surface area contributed by atoms with Crippen LogP contribution in [0.1, 0.15) is 36.1 Å². The Morgan fingerprint density at radius 2 is 2.11 bits per heavy atom. The minimum atomic E-state index is -0.177. The van der Waals surface area contributed by atoms with Gasteiger partial charge < -0.3 is 14.7 Å². The van der Waals surface area contributed by atoms with Crippen LogP contribution < -0.4 is 5.32 Å². The highest BCUT2D eigenvalue weighted by atomic mass is 16.5. The molecular weight excluding hydrogens is 344 g/mol. The van der Waals surface area contributed by atoms with Gasteiger partial charge in [0.2, 0.25) is 0 Å². The first-order chi connectivity index (χ1) is 13.1. The van der Waals surface area contributed by atoms with Crippen LogP contribution in [0.2, 0.25) is 0 Å². The molecule has 0 atom stereocenters. The molecule has 8 heteroatoms. The van der Waals surface area contributed by atoms with E-state index in [1.165, 1.54) is 11.3 Å². The van der Waals surface area contributed by atoms with Crippen LogP contribution in [0.25, 0.3) is 11.5 Å². The van der Waals surface area contributed by atoms with E-state index in [0.29, 0.717) is 23.9 Å². The van der Waals surface area contributed by atoms with Crippen molar-refractivity contribution >= 4 is 11.7 Å². The summed E-state index contributed by atoms with van der Waals surface area (Å²) in [5, 5.41) is 14.2. The van der Waals surface area contributed by atoms with E-state index in [1.807, 2.05) is 31.2 Å². The zero-order valence-electron chi connectivity index (χ0n) is 15.5. The van der Waals surface area contributed by atoms with E-state index < -0.39 is 0 Å². The number of rotatable bonds is 5. The van der Waals surface area contributed by atoms with E-state index in [2.05, 4.69) is 25.7 Å². The maximum absolute atomic E-state index is 12.5. The summed E-state index contributed by atoms with van der Waals surface area (Å²) >= 11 is 0. The zero-order chi connectivity index (χ0) is 18.8. The van der Waals surface area contributed by atoms with Crippen molar-refractivity contribution in [3.63, 3.8) is 0 Å². The van der Waals surface area contributed by atoms with Crippen LogP contribution in [0.15, 0.2) is 28.8 Å². The predicted molar refractivity (Wildman–Crippen MR) is 100 cm³/mol. The lowest BCUT2D eigenvalue weighted by Gasteiger charge is -2.17. The summed E-state index contributed by atoms with van der Waals surface area (Å²) in [7, 11) is 1.77. The molecule has 1 aliphatic carbocycles. The van der Waals surface area contributed by atoms with Crippen molar-refractivity contribution in [2.45, 2.75) is 39.2 Å². The van der Waals surface area contributed by atoms with Gasteiger partial charge in [0, 0.05) is 30.4 Å². The number of anilines is 1. The van der Waals surface area contributed by atoms with Gasteiger partial charge in [0.25, 0.3) is 5.89 Å². The molecule has 2 amide bonds. The quantitative estimate of drug-likeness (QED) is 0.722. The van der Waals surface area contributed by atoms with Gasteiger partial charge in [0.05, 0.1) is 12.2 Å². The largest absolute Gasteiger partial charge is 0.334 e. The maximum atomic E-state index is 12.5. The molecule has 140 valence electrons. The fourth-order valence-corrected chi connectivity index (χ4v) is 3.25. The van der Waals surface area contributed by atoms with Gasteiger partial charge in [-0.2, -0.15) is 10.1 Å². The molecule has 2 N–H and O–H groups in total. The van der Waals surface area contributed by atoms with Gasteiger partial charge in [-0.1, -0.05) is 12.1 Å². The van der Waals surface area contributed by atoms with Gasteiger partial charge in [0.1, 0.15) is 0 Å². The molecule has 0 fully saturated rings. The normalized spacial score (nSPS) is 12.8. The summed E-state index contributed by atoms with van der Waals surface area (Å²) in [4.78, 5) is 18.4.